The van der Waals surface area contributed by atoms with E-state index in [-0.39, 0.29) is 5.91 Å². The average molecular weight is 332 g/mol. The highest BCUT2D eigenvalue weighted by Gasteiger charge is 2.19. The van der Waals surface area contributed by atoms with E-state index in [0.29, 0.717) is 17.4 Å². The fraction of sp³-hybridized carbons (Fsp3) is 0.312. The van der Waals surface area contributed by atoms with E-state index in [1.807, 2.05) is 18.2 Å². The van der Waals surface area contributed by atoms with Gasteiger partial charge in [-0.25, -0.2) is 9.97 Å². The Balaban J connectivity index is 1.48. The molecule has 1 aliphatic heterocycles. The molecule has 0 atom stereocenters. The molecule has 0 unspecified atom stereocenters. The molecule has 1 aliphatic rings. The van der Waals surface area contributed by atoms with Gasteiger partial charge in [0.1, 0.15) is 11.6 Å². The van der Waals surface area contributed by atoms with Gasteiger partial charge < -0.3 is 10.2 Å². The molecule has 0 radical (unpaired) electrons. The highest BCUT2D eigenvalue weighted by molar-refractivity contribution is 6.30. The zero-order chi connectivity index (χ0) is 16.1. The highest BCUT2D eigenvalue weighted by atomic mass is 35.5. The lowest BCUT2D eigenvalue weighted by Crippen LogP contribution is -2.48. The number of carbonyl (C=O) groups is 1. The van der Waals surface area contributed by atoms with Crippen LogP contribution in [0.4, 0.5) is 11.6 Å². The summed E-state index contributed by atoms with van der Waals surface area (Å²) in [7, 11) is 0. The lowest BCUT2D eigenvalue weighted by Gasteiger charge is -2.34. The number of hydrogen-bond donors (Lipinski definition) is 1. The fourth-order valence-corrected chi connectivity index (χ4v) is 2.69. The summed E-state index contributed by atoms with van der Waals surface area (Å²) < 4.78 is 0. The van der Waals surface area contributed by atoms with Gasteiger partial charge in [0, 0.05) is 43.6 Å². The average Bonchev–Trinajstić information content (AvgIpc) is 2.56. The first-order valence-corrected chi connectivity index (χ1v) is 7.88. The first-order valence-electron chi connectivity index (χ1n) is 7.50. The number of nitrogens with one attached hydrogen (secondary N) is 1. The Morgan fingerprint density at radius 2 is 1.96 bits per heavy atom. The molecule has 120 valence electrons. The van der Waals surface area contributed by atoms with Crippen LogP contribution in [0, 0.1) is 0 Å². The standard InChI is InChI=1S/C16H18ClN5O/c17-13-4-6-18-14(11-13)20-16(23)12-21-7-9-22(10-8-21)15-3-1-2-5-19-15/h1-6,11H,7-10,12H2,(H,18,20,23). The van der Waals surface area contributed by atoms with E-state index in [4.69, 9.17) is 11.6 Å². The van der Waals surface area contributed by atoms with Crippen molar-refractivity contribution in [1.82, 2.24) is 14.9 Å². The number of amides is 1. The van der Waals surface area contributed by atoms with Gasteiger partial charge in [-0.3, -0.25) is 9.69 Å². The molecule has 7 heteroatoms. The minimum absolute atomic E-state index is 0.0777. The molecule has 1 N–H and O–H groups in total. The molecule has 3 rings (SSSR count). The van der Waals surface area contributed by atoms with E-state index in [2.05, 4.69) is 25.1 Å². The van der Waals surface area contributed by atoms with Gasteiger partial charge in [-0.15, -0.1) is 0 Å². The van der Waals surface area contributed by atoms with Gasteiger partial charge in [0.05, 0.1) is 6.54 Å². The Bertz CT molecular complexity index is 659. The number of halogens is 1. The Kier molecular flexibility index (Phi) is 5.05. The predicted octanol–water partition coefficient (Wildman–Crippen LogP) is 1.89. The van der Waals surface area contributed by atoms with Crippen molar-refractivity contribution in [3.8, 4) is 0 Å². The molecule has 0 spiro atoms. The first-order chi connectivity index (χ1) is 11.2. The van der Waals surface area contributed by atoms with Crippen LogP contribution in [0.1, 0.15) is 0 Å². The van der Waals surface area contributed by atoms with Crippen LogP contribution in [0.25, 0.3) is 0 Å². The van der Waals surface area contributed by atoms with Crippen LogP contribution in [-0.2, 0) is 4.79 Å². The Morgan fingerprint density at radius 1 is 1.13 bits per heavy atom. The summed E-state index contributed by atoms with van der Waals surface area (Å²) in [5.41, 5.74) is 0. The van der Waals surface area contributed by atoms with Crippen molar-refractivity contribution < 1.29 is 4.79 Å². The second-order valence-corrected chi connectivity index (χ2v) is 5.80. The molecule has 0 aromatic carbocycles. The predicted molar refractivity (Wildman–Crippen MR) is 90.8 cm³/mol. The van der Waals surface area contributed by atoms with Gasteiger partial charge in [-0.05, 0) is 24.3 Å². The summed E-state index contributed by atoms with van der Waals surface area (Å²) in [5.74, 6) is 1.39. The molecule has 6 nitrogen and oxygen atoms in total. The Morgan fingerprint density at radius 3 is 2.65 bits per heavy atom. The monoisotopic (exact) mass is 331 g/mol. The van der Waals surface area contributed by atoms with Crippen LogP contribution < -0.4 is 10.2 Å². The topological polar surface area (TPSA) is 61.4 Å². The van der Waals surface area contributed by atoms with Crippen LogP contribution in [0.15, 0.2) is 42.7 Å². The van der Waals surface area contributed by atoms with E-state index in [1.54, 1.807) is 24.5 Å². The van der Waals surface area contributed by atoms with Crippen LogP contribution in [0.5, 0.6) is 0 Å². The summed E-state index contributed by atoms with van der Waals surface area (Å²) in [5, 5.41) is 3.33. The maximum atomic E-state index is 12.1. The first kappa shape index (κ1) is 15.7. The molecule has 3 heterocycles. The number of piperazine rings is 1. The van der Waals surface area contributed by atoms with E-state index < -0.39 is 0 Å². The highest BCUT2D eigenvalue weighted by Crippen LogP contribution is 2.13. The van der Waals surface area contributed by atoms with E-state index in [0.717, 1.165) is 32.0 Å². The lowest BCUT2D eigenvalue weighted by molar-refractivity contribution is -0.117. The Labute approximate surface area is 140 Å². The van der Waals surface area contributed by atoms with Crippen molar-refractivity contribution in [2.75, 3.05) is 42.9 Å². The molecular formula is C16H18ClN5O. The van der Waals surface area contributed by atoms with Crippen LogP contribution in [-0.4, -0.2) is 53.5 Å². The summed E-state index contributed by atoms with van der Waals surface area (Å²) in [6.07, 6.45) is 3.37. The van der Waals surface area contributed by atoms with Gasteiger partial charge in [0.2, 0.25) is 5.91 Å². The maximum Gasteiger partial charge on any atom is 0.239 e. The van der Waals surface area contributed by atoms with E-state index >= 15 is 0 Å². The molecule has 1 fully saturated rings. The zero-order valence-electron chi connectivity index (χ0n) is 12.7. The van der Waals surface area contributed by atoms with Crippen LogP contribution in [0.2, 0.25) is 5.02 Å². The van der Waals surface area contributed by atoms with Crippen molar-refractivity contribution in [2.45, 2.75) is 0 Å². The summed E-state index contributed by atoms with van der Waals surface area (Å²) in [6.45, 7) is 3.73. The lowest BCUT2D eigenvalue weighted by atomic mass is 10.3. The van der Waals surface area contributed by atoms with Gasteiger partial charge in [0.15, 0.2) is 0 Å². The number of carbonyl (C=O) groups excluding carboxylic acids is 1. The van der Waals surface area contributed by atoms with Crippen molar-refractivity contribution in [1.29, 1.82) is 0 Å². The largest absolute Gasteiger partial charge is 0.354 e. The zero-order valence-corrected chi connectivity index (χ0v) is 13.4. The molecule has 0 bridgehead atoms. The molecule has 2 aromatic rings. The maximum absolute atomic E-state index is 12.1. The fourth-order valence-electron chi connectivity index (χ4n) is 2.53. The van der Waals surface area contributed by atoms with E-state index in [9.17, 15) is 4.79 Å². The molecular weight excluding hydrogens is 314 g/mol. The van der Waals surface area contributed by atoms with Gasteiger partial charge in [-0.2, -0.15) is 0 Å². The normalized spacial score (nSPS) is 15.4. The number of rotatable bonds is 4. The third-order valence-corrected chi connectivity index (χ3v) is 3.94. The van der Waals surface area contributed by atoms with Crippen molar-refractivity contribution in [2.24, 2.45) is 0 Å². The SMILES string of the molecule is O=C(CN1CCN(c2ccccn2)CC1)Nc1cc(Cl)ccn1. The molecule has 1 saturated heterocycles. The summed E-state index contributed by atoms with van der Waals surface area (Å²) >= 11 is 5.88. The Hall–Kier alpha value is -2.18. The van der Waals surface area contributed by atoms with Gasteiger partial charge >= 0.3 is 0 Å². The van der Waals surface area contributed by atoms with Crippen molar-refractivity contribution in [3.05, 3.63) is 47.7 Å². The quantitative estimate of drug-likeness (QED) is 0.927. The van der Waals surface area contributed by atoms with Crippen LogP contribution >= 0.6 is 11.6 Å². The summed E-state index contributed by atoms with van der Waals surface area (Å²) in [4.78, 5) is 24.9. The van der Waals surface area contributed by atoms with Gasteiger partial charge in [0.25, 0.3) is 0 Å². The number of hydrogen-bond acceptors (Lipinski definition) is 5. The molecule has 0 saturated carbocycles. The van der Waals surface area contributed by atoms with Gasteiger partial charge in [-0.1, -0.05) is 17.7 Å². The number of anilines is 2. The second kappa shape index (κ2) is 7.39. The minimum Gasteiger partial charge on any atom is -0.354 e. The van der Waals surface area contributed by atoms with Crippen molar-refractivity contribution >= 4 is 29.1 Å². The van der Waals surface area contributed by atoms with Crippen molar-refractivity contribution in [3.63, 3.8) is 0 Å². The number of aromatic nitrogens is 2. The molecule has 1 amide bonds. The van der Waals surface area contributed by atoms with E-state index in [1.165, 1.54) is 0 Å². The van der Waals surface area contributed by atoms with Crippen LogP contribution in [0.3, 0.4) is 0 Å². The smallest absolute Gasteiger partial charge is 0.239 e. The molecule has 0 aliphatic carbocycles. The molecule has 23 heavy (non-hydrogen) atoms. The third-order valence-electron chi connectivity index (χ3n) is 3.70. The summed E-state index contributed by atoms with van der Waals surface area (Å²) in [6, 6.07) is 9.22. The third kappa shape index (κ3) is 4.40. The molecule has 2 aromatic heterocycles. The number of pyridine rings is 2. The minimum atomic E-state index is -0.0777. The number of nitrogens with zero attached hydrogens (tertiary/aromatic N) is 4. The second-order valence-electron chi connectivity index (χ2n) is 5.36.